The molecule has 4 heteroatoms. The third-order valence-electron chi connectivity index (χ3n) is 2.58. The van der Waals surface area contributed by atoms with E-state index in [9.17, 15) is 4.79 Å². The summed E-state index contributed by atoms with van der Waals surface area (Å²) in [4.78, 5) is 15.4. The number of hydrogen-bond donors (Lipinski definition) is 1. The van der Waals surface area contributed by atoms with E-state index in [1.165, 1.54) is 6.20 Å². The second kappa shape index (κ2) is 4.55. The van der Waals surface area contributed by atoms with Gasteiger partial charge in [0.05, 0.1) is 5.56 Å². The molecule has 0 unspecified atom stereocenters. The fraction of sp³-hybridized carbons (Fsp3) is 0.0769. The van der Waals surface area contributed by atoms with E-state index < -0.39 is 5.91 Å². The predicted molar refractivity (Wildman–Crippen MR) is 69.2 cm³/mol. The number of pyridine rings is 1. The fourth-order valence-corrected chi connectivity index (χ4v) is 2.06. The summed E-state index contributed by atoms with van der Waals surface area (Å²) in [6, 6.07) is 5.62. The zero-order valence-electron chi connectivity index (χ0n) is 9.11. The Bertz CT molecular complexity index is 608. The molecular formula is C13H11ClN2O. The number of carbonyl (C=O) groups excluding carboxylic acids is 1. The van der Waals surface area contributed by atoms with Gasteiger partial charge in [0, 0.05) is 17.0 Å². The van der Waals surface area contributed by atoms with Gasteiger partial charge in [0.25, 0.3) is 5.91 Å². The van der Waals surface area contributed by atoms with Crippen molar-refractivity contribution in [3.63, 3.8) is 0 Å². The second-order valence-corrected chi connectivity index (χ2v) is 4.02. The van der Waals surface area contributed by atoms with E-state index in [0.717, 1.165) is 16.3 Å². The van der Waals surface area contributed by atoms with Crippen molar-refractivity contribution in [2.45, 2.75) is 6.42 Å². The lowest BCUT2D eigenvalue weighted by Gasteiger charge is -2.09. The lowest BCUT2D eigenvalue weighted by Crippen LogP contribution is -2.12. The summed E-state index contributed by atoms with van der Waals surface area (Å²) in [6.07, 6.45) is 3.84. The molecule has 17 heavy (non-hydrogen) atoms. The van der Waals surface area contributed by atoms with Gasteiger partial charge in [0.1, 0.15) is 5.15 Å². The molecule has 2 aromatic rings. The lowest BCUT2D eigenvalue weighted by atomic mass is 9.99. The second-order valence-electron chi connectivity index (χ2n) is 3.66. The minimum absolute atomic E-state index is 0.371. The topological polar surface area (TPSA) is 56.0 Å². The van der Waals surface area contributed by atoms with Crippen LogP contribution in [0.5, 0.6) is 0 Å². The van der Waals surface area contributed by atoms with Gasteiger partial charge in [0.15, 0.2) is 0 Å². The van der Waals surface area contributed by atoms with Crippen LogP contribution in [0.3, 0.4) is 0 Å². The van der Waals surface area contributed by atoms with Gasteiger partial charge in [0.2, 0.25) is 0 Å². The van der Waals surface area contributed by atoms with E-state index in [2.05, 4.69) is 11.6 Å². The minimum atomic E-state index is -0.504. The molecule has 0 aliphatic rings. The lowest BCUT2D eigenvalue weighted by molar-refractivity contribution is 0.100. The molecule has 1 aromatic carbocycles. The highest BCUT2D eigenvalue weighted by Crippen LogP contribution is 2.27. The number of allylic oxidation sites excluding steroid dienone is 1. The molecular weight excluding hydrogens is 236 g/mol. The van der Waals surface area contributed by atoms with E-state index in [4.69, 9.17) is 17.3 Å². The first-order chi connectivity index (χ1) is 8.15. The summed E-state index contributed by atoms with van der Waals surface area (Å²) in [5.41, 5.74) is 6.71. The van der Waals surface area contributed by atoms with Crippen molar-refractivity contribution in [1.82, 2.24) is 4.98 Å². The minimum Gasteiger partial charge on any atom is -0.366 e. The number of halogens is 1. The van der Waals surface area contributed by atoms with Crippen LogP contribution in [0.15, 0.2) is 37.1 Å². The highest BCUT2D eigenvalue weighted by Gasteiger charge is 2.12. The van der Waals surface area contributed by atoms with E-state index in [1.54, 1.807) is 6.08 Å². The zero-order valence-corrected chi connectivity index (χ0v) is 9.87. The van der Waals surface area contributed by atoms with Crippen LogP contribution in [0.2, 0.25) is 5.15 Å². The molecule has 0 atom stereocenters. The molecule has 0 fully saturated rings. The van der Waals surface area contributed by atoms with Crippen molar-refractivity contribution in [3.05, 3.63) is 53.3 Å². The Morgan fingerprint density at radius 3 is 2.94 bits per heavy atom. The number of amides is 1. The number of primary amides is 1. The molecule has 0 saturated carbocycles. The van der Waals surface area contributed by atoms with Crippen molar-refractivity contribution in [2.75, 3.05) is 0 Å². The van der Waals surface area contributed by atoms with Gasteiger partial charge in [-0.3, -0.25) is 4.79 Å². The molecule has 1 heterocycles. The third kappa shape index (κ3) is 2.01. The first-order valence-electron chi connectivity index (χ1n) is 5.12. The van der Waals surface area contributed by atoms with Crippen molar-refractivity contribution in [2.24, 2.45) is 5.73 Å². The fourth-order valence-electron chi connectivity index (χ4n) is 1.86. The highest BCUT2D eigenvalue weighted by molar-refractivity contribution is 6.35. The molecule has 1 amide bonds. The zero-order chi connectivity index (χ0) is 12.4. The van der Waals surface area contributed by atoms with Gasteiger partial charge in [-0.15, -0.1) is 6.58 Å². The van der Waals surface area contributed by atoms with Gasteiger partial charge in [-0.1, -0.05) is 35.9 Å². The Labute approximate surface area is 104 Å². The van der Waals surface area contributed by atoms with Crippen LogP contribution < -0.4 is 5.73 Å². The number of hydrogen-bond acceptors (Lipinski definition) is 2. The monoisotopic (exact) mass is 246 g/mol. The number of fused-ring (bicyclic) bond motifs is 1. The Hall–Kier alpha value is -1.87. The maximum atomic E-state index is 11.4. The number of aromatic nitrogens is 1. The average Bonchev–Trinajstić information content (AvgIpc) is 2.30. The van der Waals surface area contributed by atoms with E-state index in [1.807, 2.05) is 18.2 Å². The number of rotatable bonds is 3. The molecule has 3 nitrogen and oxygen atoms in total. The molecule has 0 bridgehead atoms. The molecule has 86 valence electrons. The molecule has 1 aromatic heterocycles. The third-order valence-corrected chi connectivity index (χ3v) is 2.88. The Balaban J connectivity index is 2.88. The number of benzene rings is 1. The molecule has 2 N–H and O–H groups in total. The highest BCUT2D eigenvalue weighted by atomic mass is 35.5. The van der Waals surface area contributed by atoms with Crippen LogP contribution in [0, 0.1) is 0 Å². The average molecular weight is 247 g/mol. The predicted octanol–water partition coefficient (Wildman–Crippen LogP) is 2.72. The maximum absolute atomic E-state index is 11.4. The van der Waals surface area contributed by atoms with Gasteiger partial charge >= 0.3 is 0 Å². The van der Waals surface area contributed by atoms with Crippen molar-refractivity contribution >= 4 is 28.3 Å². The first kappa shape index (κ1) is 11.6. The Morgan fingerprint density at radius 1 is 1.53 bits per heavy atom. The van der Waals surface area contributed by atoms with Gasteiger partial charge in [-0.25, -0.2) is 4.98 Å². The van der Waals surface area contributed by atoms with Crippen molar-refractivity contribution in [3.8, 4) is 0 Å². The Morgan fingerprint density at radius 2 is 2.29 bits per heavy atom. The van der Waals surface area contributed by atoms with Crippen LogP contribution >= 0.6 is 11.6 Å². The van der Waals surface area contributed by atoms with E-state index in [-0.39, 0.29) is 0 Å². The van der Waals surface area contributed by atoms with Crippen LogP contribution in [0.25, 0.3) is 10.8 Å². The molecule has 0 radical (unpaired) electrons. The van der Waals surface area contributed by atoms with Crippen molar-refractivity contribution < 1.29 is 4.79 Å². The summed E-state index contributed by atoms with van der Waals surface area (Å²) >= 11 is 6.02. The van der Waals surface area contributed by atoms with Crippen molar-refractivity contribution in [1.29, 1.82) is 0 Å². The van der Waals surface area contributed by atoms with Crippen LogP contribution in [0.1, 0.15) is 15.9 Å². The summed E-state index contributed by atoms with van der Waals surface area (Å²) in [7, 11) is 0. The Kier molecular flexibility index (Phi) is 3.11. The molecule has 0 aliphatic carbocycles. The quantitative estimate of drug-likeness (QED) is 0.669. The smallest absolute Gasteiger partial charge is 0.250 e. The van der Waals surface area contributed by atoms with E-state index in [0.29, 0.717) is 17.1 Å². The van der Waals surface area contributed by atoms with Crippen LogP contribution in [0.4, 0.5) is 0 Å². The van der Waals surface area contributed by atoms with E-state index >= 15 is 0 Å². The normalized spacial score (nSPS) is 10.4. The number of nitrogens with two attached hydrogens (primary N) is 1. The number of nitrogens with zero attached hydrogens (tertiary/aromatic N) is 1. The van der Waals surface area contributed by atoms with Crippen LogP contribution in [-0.2, 0) is 6.42 Å². The summed E-state index contributed by atoms with van der Waals surface area (Å²) in [5, 5.41) is 1.87. The van der Waals surface area contributed by atoms with Gasteiger partial charge < -0.3 is 5.73 Å². The maximum Gasteiger partial charge on any atom is 0.250 e. The first-order valence-corrected chi connectivity index (χ1v) is 5.49. The summed E-state index contributed by atoms with van der Waals surface area (Å²) in [5.74, 6) is -0.504. The molecule has 0 saturated heterocycles. The molecule has 2 rings (SSSR count). The largest absolute Gasteiger partial charge is 0.366 e. The van der Waals surface area contributed by atoms with Crippen LogP contribution in [-0.4, -0.2) is 10.9 Å². The number of carbonyl (C=O) groups is 1. The van der Waals surface area contributed by atoms with Gasteiger partial charge in [-0.05, 0) is 12.0 Å². The summed E-state index contributed by atoms with van der Waals surface area (Å²) < 4.78 is 0. The summed E-state index contributed by atoms with van der Waals surface area (Å²) in [6.45, 7) is 3.69. The SMILES string of the molecule is C=CCc1cccc2c(Cl)ncc(C(N)=O)c12. The molecule has 0 spiro atoms. The standard InChI is InChI=1S/C13H11ClN2O/c1-2-4-8-5-3-6-9-11(8)10(13(15)17)7-16-12(9)14/h2-3,5-7H,1,4H2,(H2,15,17). The molecule has 0 aliphatic heterocycles. The van der Waals surface area contributed by atoms with Gasteiger partial charge in [-0.2, -0.15) is 0 Å².